The van der Waals surface area contributed by atoms with E-state index in [0.29, 0.717) is 6.20 Å². The first kappa shape index (κ1) is 16.1. The van der Waals surface area contributed by atoms with Crippen LogP contribution in [0.1, 0.15) is 20.8 Å². The molecule has 1 unspecified atom stereocenters. The Morgan fingerprint density at radius 1 is 1.35 bits per heavy atom. The van der Waals surface area contributed by atoms with Gasteiger partial charge in [-0.25, -0.2) is 13.2 Å². The molecule has 0 spiro atoms. The summed E-state index contributed by atoms with van der Waals surface area (Å²) >= 11 is 0. The van der Waals surface area contributed by atoms with Gasteiger partial charge < -0.3 is 10.1 Å². The molecule has 1 heterocycles. The van der Waals surface area contributed by atoms with Crippen molar-refractivity contribution in [3.05, 3.63) is 27.0 Å². The number of carbonyl (C=O) groups is 1. The van der Waals surface area contributed by atoms with E-state index in [9.17, 15) is 22.8 Å². The third-order valence-corrected chi connectivity index (χ3v) is 3.89. The van der Waals surface area contributed by atoms with Crippen molar-refractivity contribution in [2.45, 2.75) is 31.7 Å². The number of aromatic nitrogens is 2. The first-order valence-corrected chi connectivity index (χ1v) is 7.00. The summed E-state index contributed by atoms with van der Waals surface area (Å²) < 4.78 is 26.0. The molecule has 1 atom stereocenters. The highest BCUT2D eigenvalue weighted by molar-refractivity contribution is 7.89. The van der Waals surface area contributed by atoms with Gasteiger partial charge in [0, 0.05) is 6.20 Å². The molecule has 20 heavy (non-hydrogen) atoms. The van der Waals surface area contributed by atoms with Crippen molar-refractivity contribution < 1.29 is 18.3 Å². The second kappa shape index (κ2) is 5.21. The predicted octanol–water partition coefficient (Wildman–Crippen LogP) is -1.16. The van der Waals surface area contributed by atoms with E-state index in [1.807, 2.05) is 9.71 Å². The van der Waals surface area contributed by atoms with Gasteiger partial charge in [0.1, 0.15) is 6.04 Å². The van der Waals surface area contributed by atoms with Crippen molar-refractivity contribution in [1.29, 1.82) is 0 Å². The fourth-order valence-corrected chi connectivity index (χ4v) is 2.81. The molecular weight excluding hydrogens is 290 g/mol. The quantitative estimate of drug-likeness (QED) is 0.551. The van der Waals surface area contributed by atoms with E-state index in [0.717, 1.165) is 0 Å². The van der Waals surface area contributed by atoms with Crippen molar-refractivity contribution >= 4 is 16.0 Å². The first-order valence-electron chi connectivity index (χ1n) is 5.52. The number of rotatable bonds is 4. The van der Waals surface area contributed by atoms with Gasteiger partial charge in [-0.05, 0) is 5.41 Å². The van der Waals surface area contributed by atoms with Gasteiger partial charge >= 0.3 is 11.7 Å². The molecule has 112 valence electrons. The van der Waals surface area contributed by atoms with Gasteiger partial charge in [0.2, 0.25) is 10.0 Å². The van der Waals surface area contributed by atoms with Gasteiger partial charge in [0.05, 0.1) is 0 Å². The third-order valence-electron chi connectivity index (χ3n) is 2.46. The number of hydrogen-bond acceptors (Lipinski definition) is 5. The van der Waals surface area contributed by atoms with E-state index < -0.39 is 43.6 Å². The van der Waals surface area contributed by atoms with E-state index in [4.69, 9.17) is 5.11 Å². The van der Waals surface area contributed by atoms with E-state index >= 15 is 0 Å². The minimum absolute atomic E-state index is 0.713. The van der Waals surface area contributed by atoms with E-state index in [1.54, 1.807) is 4.98 Å². The maximum atomic E-state index is 12.0. The van der Waals surface area contributed by atoms with Crippen molar-refractivity contribution in [2.24, 2.45) is 5.41 Å². The molecule has 0 saturated carbocycles. The van der Waals surface area contributed by atoms with Crippen LogP contribution in [0.2, 0.25) is 0 Å². The smallest absolute Gasteiger partial charge is 0.325 e. The normalized spacial score (nSPS) is 13.9. The van der Waals surface area contributed by atoms with Gasteiger partial charge in [-0.3, -0.25) is 14.6 Å². The van der Waals surface area contributed by atoms with Crippen molar-refractivity contribution in [3.63, 3.8) is 0 Å². The minimum Gasteiger partial charge on any atom is -0.480 e. The maximum absolute atomic E-state index is 12.0. The average Bonchev–Trinajstić information content (AvgIpc) is 2.23. The third kappa shape index (κ3) is 3.54. The topological polar surface area (TPSA) is 149 Å². The number of carboxylic acid groups (broad SMARTS) is 1. The molecule has 0 amide bonds. The molecule has 1 rings (SSSR count). The lowest BCUT2D eigenvalue weighted by molar-refractivity contribution is -0.141. The molecular formula is C10H15N3O6S. The number of aromatic amines is 2. The zero-order chi connectivity index (χ0) is 15.7. The zero-order valence-electron chi connectivity index (χ0n) is 11.1. The van der Waals surface area contributed by atoms with Crippen LogP contribution in [0, 0.1) is 5.41 Å². The van der Waals surface area contributed by atoms with Crippen molar-refractivity contribution in [3.8, 4) is 0 Å². The molecule has 1 aromatic rings. The molecule has 4 N–H and O–H groups in total. The highest BCUT2D eigenvalue weighted by Gasteiger charge is 2.36. The van der Waals surface area contributed by atoms with Crippen LogP contribution in [0.4, 0.5) is 0 Å². The minimum atomic E-state index is -4.38. The van der Waals surface area contributed by atoms with Crippen LogP contribution in [0.15, 0.2) is 20.7 Å². The standard InChI is InChI=1S/C10H15N3O6S/c1-10(2,3)6(8(15)16)13-20(18,19)5-4-11-9(17)12-7(5)14/h4,6,13H,1-3H3,(H,15,16)(H2,11,12,14,17). The number of aliphatic carboxylic acids is 1. The fraction of sp³-hybridized carbons (Fsp3) is 0.500. The summed E-state index contributed by atoms with van der Waals surface area (Å²) in [5.41, 5.74) is -2.90. The van der Waals surface area contributed by atoms with Gasteiger partial charge in [-0.15, -0.1) is 0 Å². The average molecular weight is 305 g/mol. The van der Waals surface area contributed by atoms with Crippen LogP contribution in [-0.2, 0) is 14.8 Å². The van der Waals surface area contributed by atoms with Gasteiger partial charge in [-0.1, -0.05) is 20.8 Å². The molecule has 9 nitrogen and oxygen atoms in total. The predicted molar refractivity (Wildman–Crippen MR) is 68.9 cm³/mol. The molecule has 0 fully saturated rings. The summed E-state index contributed by atoms with van der Waals surface area (Å²) in [6.07, 6.45) is 0.713. The SMILES string of the molecule is CC(C)(C)C(NS(=O)(=O)c1c[nH]c(=O)[nH]c1=O)C(=O)O. The Labute approximate surface area is 114 Å². The number of H-pyrrole nitrogens is 2. The fourth-order valence-electron chi connectivity index (χ4n) is 1.41. The Hall–Kier alpha value is -1.94. The summed E-state index contributed by atoms with van der Waals surface area (Å²) in [6.45, 7) is 4.60. The van der Waals surface area contributed by atoms with Crippen LogP contribution >= 0.6 is 0 Å². The van der Waals surface area contributed by atoms with Crippen molar-refractivity contribution in [1.82, 2.24) is 14.7 Å². The van der Waals surface area contributed by atoms with Crippen LogP contribution in [-0.4, -0.2) is 35.5 Å². The lowest BCUT2D eigenvalue weighted by Gasteiger charge is -2.27. The maximum Gasteiger partial charge on any atom is 0.325 e. The molecule has 0 bridgehead atoms. The highest BCUT2D eigenvalue weighted by atomic mass is 32.2. The zero-order valence-corrected chi connectivity index (χ0v) is 11.9. The molecule has 0 aliphatic carbocycles. The summed E-state index contributed by atoms with van der Waals surface area (Å²) in [6, 6.07) is -1.43. The summed E-state index contributed by atoms with van der Waals surface area (Å²) in [7, 11) is -4.38. The lowest BCUT2D eigenvalue weighted by Crippen LogP contribution is -2.50. The second-order valence-electron chi connectivity index (χ2n) is 5.19. The second-order valence-corrected chi connectivity index (χ2v) is 6.88. The van der Waals surface area contributed by atoms with Gasteiger partial charge in [0.15, 0.2) is 4.90 Å². The van der Waals surface area contributed by atoms with Gasteiger partial charge in [-0.2, -0.15) is 4.72 Å². The Morgan fingerprint density at radius 3 is 2.30 bits per heavy atom. The molecule has 10 heteroatoms. The summed E-state index contributed by atoms with van der Waals surface area (Å²) in [5, 5.41) is 9.06. The number of nitrogens with one attached hydrogen (secondary N) is 3. The monoisotopic (exact) mass is 305 g/mol. The summed E-state index contributed by atoms with van der Waals surface area (Å²) in [5.74, 6) is -1.37. The number of carboxylic acids is 1. The molecule has 0 aromatic carbocycles. The van der Waals surface area contributed by atoms with E-state index in [2.05, 4.69) is 0 Å². The van der Waals surface area contributed by atoms with E-state index in [-0.39, 0.29) is 0 Å². The Kier molecular flexibility index (Phi) is 4.20. The van der Waals surface area contributed by atoms with Crippen LogP contribution in [0.3, 0.4) is 0 Å². The molecule has 0 radical (unpaired) electrons. The molecule has 0 aliphatic heterocycles. The molecule has 0 saturated heterocycles. The first-order chi connectivity index (χ1) is 8.95. The lowest BCUT2D eigenvalue weighted by atomic mass is 9.88. The summed E-state index contributed by atoms with van der Waals surface area (Å²) in [4.78, 5) is 36.4. The molecule has 1 aromatic heterocycles. The van der Waals surface area contributed by atoms with Crippen molar-refractivity contribution in [2.75, 3.05) is 0 Å². The Balaban J connectivity index is 3.27. The number of sulfonamides is 1. The molecule has 0 aliphatic rings. The largest absolute Gasteiger partial charge is 0.480 e. The highest BCUT2D eigenvalue weighted by Crippen LogP contribution is 2.20. The Morgan fingerprint density at radius 2 is 1.90 bits per heavy atom. The van der Waals surface area contributed by atoms with Crippen LogP contribution in [0.5, 0.6) is 0 Å². The van der Waals surface area contributed by atoms with E-state index in [1.165, 1.54) is 20.8 Å². The Bertz CT molecular complexity index is 724. The van der Waals surface area contributed by atoms with Crippen LogP contribution in [0.25, 0.3) is 0 Å². The number of hydrogen-bond donors (Lipinski definition) is 4. The van der Waals surface area contributed by atoms with Gasteiger partial charge in [0.25, 0.3) is 5.56 Å². The van der Waals surface area contributed by atoms with Crippen LogP contribution < -0.4 is 16.0 Å².